The van der Waals surface area contributed by atoms with E-state index in [0.717, 1.165) is 46.5 Å². The number of halogens is 1. The summed E-state index contributed by atoms with van der Waals surface area (Å²) in [5.74, 6) is -0.865. The molecule has 0 saturated carbocycles. The third kappa shape index (κ3) is 2.48. The SMILES string of the molecule is O=C(O)Cn1nc(-c2ccc(Br)cc2)c2c1CCNC2. The van der Waals surface area contributed by atoms with Gasteiger partial charge >= 0.3 is 5.97 Å². The van der Waals surface area contributed by atoms with Gasteiger partial charge in [0.1, 0.15) is 6.54 Å². The molecule has 0 unspecified atom stereocenters. The third-order valence-corrected chi connectivity index (χ3v) is 3.94. The van der Waals surface area contributed by atoms with Crippen LogP contribution in [0.25, 0.3) is 11.3 Å². The van der Waals surface area contributed by atoms with Crippen molar-refractivity contribution in [3.8, 4) is 11.3 Å². The molecule has 2 heterocycles. The Balaban J connectivity index is 2.08. The first-order valence-corrected chi connectivity index (χ1v) is 7.21. The van der Waals surface area contributed by atoms with E-state index in [-0.39, 0.29) is 6.54 Å². The van der Waals surface area contributed by atoms with Crippen molar-refractivity contribution < 1.29 is 9.90 Å². The molecule has 0 fully saturated rings. The van der Waals surface area contributed by atoms with Crippen LogP contribution in [0.5, 0.6) is 0 Å². The molecule has 6 heteroatoms. The Morgan fingerprint density at radius 1 is 1.40 bits per heavy atom. The van der Waals surface area contributed by atoms with E-state index in [1.807, 2.05) is 24.3 Å². The Morgan fingerprint density at radius 2 is 2.15 bits per heavy atom. The zero-order chi connectivity index (χ0) is 14.1. The molecule has 0 atom stereocenters. The minimum atomic E-state index is -0.865. The molecule has 20 heavy (non-hydrogen) atoms. The summed E-state index contributed by atoms with van der Waals surface area (Å²) in [7, 11) is 0. The summed E-state index contributed by atoms with van der Waals surface area (Å²) in [6, 6.07) is 7.92. The van der Waals surface area contributed by atoms with E-state index in [9.17, 15) is 4.79 Å². The maximum absolute atomic E-state index is 11.0. The molecule has 0 bridgehead atoms. The fourth-order valence-electron chi connectivity index (χ4n) is 2.52. The van der Waals surface area contributed by atoms with Crippen LogP contribution < -0.4 is 5.32 Å². The van der Waals surface area contributed by atoms with Crippen molar-refractivity contribution in [3.05, 3.63) is 40.0 Å². The second-order valence-corrected chi connectivity index (χ2v) is 5.67. The molecular weight excluding hydrogens is 322 g/mol. The van der Waals surface area contributed by atoms with Crippen LogP contribution in [-0.2, 0) is 24.3 Å². The monoisotopic (exact) mass is 335 g/mol. The molecule has 0 aliphatic carbocycles. The van der Waals surface area contributed by atoms with Crippen molar-refractivity contribution in [2.24, 2.45) is 0 Å². The molecule has 2 aromatic rings. The molecule has 104 valence electrons. The lowest BCUT2D eigenvalue weighted by Crippen LogP contribution is -2.25. The smallest absolute Gasteiger partial charge is 0.325 e. The predicted octanol–water partition coefficient (Wildman–Crippen LogP) is 2.04. The number of carboxylic acids is 1. The highest BCUT2D eigenvalue weighted by Crippen LogP contribution is 2.28. The standard InChI is InChI=1S/C14H14BrN3O2/c15-10-3-1-9(2-4-10)14-11-7-16-6-5-12(11)18(17-14)8-13(19)20/h1-4,16H,5-8H2,(H,19,20). The number of carboxylic acid groups (broad SMARTS) is 1. The summed E-state index contributed by atoms with van der Waals surface area (Å²) < 4.78 is 2.63. The second-order valence-electron chi connectivity index (χ2n) is 4.76. The van der Waals surface area contributed by atoms with Gasteiger partial charge in [-0.1, -0.05) is 28.1 Å². The van der Waals surface area contributed by atoms with Crippen molar-refractivity contribution in [2.45, 2.75) is 19.5 Å². The topological polar surface area (TPSA) is 67.1 Å². The number of fused-ring (bicyclic) bond motifs is 1. The van der Waals surface area contributed by atoms with Gasteiger partial charge in [0.2, 0.25) is 0 Å². The van der Waals surface area contributed by atoms with Gasteiger partial charge in [-0.25, -0.2) is 0 Å². The van der Waals surface area contributed by atoms with Crippen molar-refractivity contribution in [3.63, 3.8) is 0 Å². The van der Waals surface area contributed by atoms with Gasteiger partial charge in [0.15, 0.2) is 0 Å². The first-order valence-electron chi connectivity index (χ1n) is 6.42. The van der Waals surface area contributed by atoms with Crippen molar-refractivity contribution >= 4 is 21.9 Å². The summed E-state index contributed by atoms with van der Waals surface area (Å²) in [4.78, 5) is 11.0. The van der Waals surface area contributed by atoms with Crippen LogP contribution in [0.1, 0.15) is 11.3 Å². The lowest BCUT2D eigenvalue weighted by molar-refractivity contribution is -0.137. The Bertz CT molecular complexity index is 649. The van der Waals surface area contributed by atoms with Crippen LogP contribution in [0.15, 0.2) is 28.7 Å². The van der Waals surface area contributed by atoms with Crippen LogP contribution in [0.2, 0.25) is 0 Å². The third-order valence-electron chi connectivity index (χ3n) is 3.41. The molecule has 1 aliphatic heterocycles. The molecule has 0 saturated heterocycles. The molecule has 2 N–H and O–H groups in total. The fourth-order valence-corrected chi connectivity index (χ4v) is 2.78. The van der Waals surface area contributed by atoms with Crippen LogP contribution in [0.4, 0.5) is 0 Å². The van der Waals surface area contributed by atoms with Crippen LogP contribution >= 0.6 is 15.9 Å². The summed E-state index contributed by atoms with van der Waals surface area (Å²) >= 11 is 3.42. The number of carbonyl (C=O) groups is 1. The average Bonchev–Trinajstić information content (AvgIpc) is 2.78. The number of hydrogen-bond acceptors (Lipinski definition) is 3. The van der Waals surface area contributed by atoms with E-state index >= 15 is 0 Å². The molecular formula is C14H14BrN3O2. The number of hydrogen-bond donors (Lipinski definition) is 2. The fraction of sp³-hybridized carbons (Fsp3) is 0.286. The van der Waals surface area contributed by atoms with Gasteiger partial charge in [0, 0.05) is 40.8 Å². The minimum absolute atomic E-state index is 0.0845. The molecule has 1 aliphatic rings. The van der Waals surface area contributed by atoms with Gasteiger partial charge in [0.05, 0.1) is 5.69 Å². The van der Waals surface area contributed by atoms with Crippen molar-refractivity contribution in [2.75, 3.05) is 6.54 Å². The van der Waals surface area contributed by atoms with Gasteiger partial charge in [-0.3, -0.25) is 9.48 Å². The van der Waals surface area contributed by atoms with Crippen LogP contribution in [0, 0.1) is 0 Å². The molecule has 1 aromatic heterocycles. The van der Waals surface area contributed by atoms with E-state index < -0.39 is 5.97 Å². The van der Waals surface area contributed by atoms with Gasteiger partial charge in [-0.15, -0.1) is 0 Å². The lowest BCUT2D eigenvalue weighted by atomic mass is 10.0. The average molecular weight is 336 g/mol. The summed E-state index contributed by atoms with van der Waals surface area (Å²) in [5.41, 5.74) is 4.03. The Kier molecular flexibility index (Phi) is 3.58. The maximum atomic E-state index is 11.0. The van der Waals surface area contributed by atoms with Gasteiger partial charge < -0.3 is 10.4 Å². The number of aliphatic carboxylic acids is 1. The first-order chi connectivity index (χ1) is 9.65. The summed E-state index contributed by atoms with van der Waals surface area (Å²) in [6.07, 6.45) is 0.812. The van der Waals surface area contributed by atoms with Gasteiger partial charge in [-0.05, 0) is 12.1 Å². The summed E-state index contributed by atoms with van der Waals surface area (Å²) in [6.45, 7) is 1.51. The van der Waals surface area contributed by atoms with E-state index in [1.165, 1.54) is 0 Å². The minimum Gasteiger partial charge on any atom is -0.480 e. The van der Waals surface area contributed by atoms with E-state index in [4.69, 9.17) is 5.11 Å². The number of benzene rings is 1. The highest BCUT2D eigenvalue weighted by Gasteiger charge is 2.22. The Hall–Kier alpha value is -1.66. The van der Waals surface area contributed by atoms with E-state index in [2.05, 4.69) is 26.3 Å². The zero-order valence-electron chi connectivity index (χ0n) is 10.8. The molecule has 0 amide bonds. The predicted molar refractivity (Wildman–Crippen MR) is 78.4 cm³/mol. The Morgan fingerprint density at radius 3 is 2.85 bits per heavy atom. The molecule has 0 radical (unpaired) electrons. The maximum Gasteiger partial charge on any atom is 0.325 e. The molecule has 5 nitrogen and oxygen atoms in total. The quantitative estimate of drug-likeness (QED) is 0.900. The highest BCUT2D eigenvalue weighted by molar-refractivity contribution is 9.10. The Labute approximate surface area is 124 Å². The number of nitrogens with zero attached hydrogens (tertiary/aromatic N) is 2. The number of aromatic nitrogens is 2. The van der Waals surface area contributed by atoms with Crippen molar-refractivity contribution in [1.29, 1.82) is 0 Å². The largest absolute Gasteiger partial charge is 0.480 e. The highest BCUT2D eigenvalue weighted by atomic mass is 79.9. The van der Waals surface area contributed by atoms with Gasteiger partial charge in [-0.2, -0.15) is 5.10 Å². The number of rotatable bonds is 3. The molecule has 0 spiro atoms. The van der Waals surface area contributed by atoms with E-state index in [0.29, 0.717) is 0 Å². The first kappa shape index (κ1) is 13.3. The number of nitrogens with one attached hydrogen (secondary N) is 1. The zero-order valence-corrected chi connectivity index (χ0v) is 12.4. The van der Waals surface area contributed by atoms with Crippen LogP contribution in [-0.4, -0.2) is 27.4 Å². The van der Waals surface area contributed by atoms with Gasteiger partial charge in [0.25, 0.3) is 0 Å². The molecule has 1 aromatic carbocycles. The normalized spacial score (nSPS) is 14.1. The second kappa shape index (κ2) is 5.38. The van der Waals surface area contributed by atoms with E-state index in [1.54, 1.807) is 4.68 Å². The summed E-state index contributed by atoms with van der Waals surface area (Å²) in [5, 5.41) is 16.8. The lowest BCUT2D eigenvalue weighted by Gasteiger charge is -2.15. The van der Waals surface area contributed by atoms with Crippen molar-refractivity contribution in [1.82, 2.24) is 15.1 Å². The molecule has 3 rings (SSSR count). The van der Waals surface area contributed by atoms with Crippen LogP contribution in [0.3, 0.4) is 0 Å².